The predicted octanol–water partition coefficient (Wildman–Crippen LogP) is -0.518. The number of amides is 1. The molecule has 1 amide bonds. The van der Waals surface area contributed by atoms with Crippen molar-refractivity contribution in [3.8, 4) is 0 Å². The highest BCUT2D eigenvalue weighted by molar-refractivity contribution is 5.91. The van der Waals surface area contributed by atoms with E-state index in [9.17, 15) is 4.79 Å². The van der Waals surface area contributed by atoms with Crippen LogP contribution in [-0.2, 0) is 4.79 Å². The molecule has 3 N–H and O–H groups in total. The zero-order valence-electron chi connectivity index (χ0n) is 6.66. The highest BCUT2D eigenvalue weighted by atomic mass is 16.1. The third-order valence-electron chi connectivity index (χ3n) is 1.16. The number of nitrogens with one attached hydrogen (secondary N) is 1. The fourth-order valence-electron chi connectivity index (χ4n) is 0.676. The molecule has 0 spiro atoms. The molecular weight excluding hydrogens is 156 g/mol. The molecule has 1 rings (SSSR count). The molecule has 0 aliphatic carbocycles. The Bertz CT molecular complexity index is 286. The molecule has 0 aliphatic rings. The normalized spacial score (nSPS) is 9.50. The van der Waals surface area contributed by atoms with Crippen LogP contribution in [0.1, 0.15) is 5.82 Å². The van der Waals surface area contributed by atoms with Crippen molar-refractivity contribution in [2.75, 3.05) is 11.9 Å². The number of nitrogens with two attached hydrogens (primary N) is 1. The maximum atomic E-state index is 10.8. The van der Waals surface area contributed by atoms with Crippen molar-refractivity contribution in [2.45, 2.75) is 6.92 Å². The fraction of sp³-hybridized carbons (Fsp3) is 0.286. The van der Waals surface area contributed by atoms with Crippen molar-refractivity contribution in [3.05, 3.63) is 18.1 Å². The van der Waals surface area contributed by atoms with Crippen LogP contribution in [-0.4, -0.2) is 22.4 Å². The number of aromatic nitrogens is 2. The van der Waals surface area contributed by atoms with Gasteiger partial charge in [-0.05, 0) is 6.92 Å². The van der Waals surface area contributed by atoms with Crippen LogP contribution < -0.4 is 11.1 Å². The van der Waals surface area contributed by atoms with E-state index in [1.54, 1.807) is 6.92 Å². The summed E-state index contributed by atoms with van der Waals surface area (Å²) in [5.41, 5.74) is 5.09. The third-order valence-corrected chi connectivity index (χ3v) is 1.16. The molecule has 0 saturated carbocycles. The summed E-state index contributed by atoms with van der Waals surface area (Å²) in [4.78, 5) is 18.5. The predicted molar refractivity (Wildman–Crippen MR) is 43.3 cm³/mol. The minimum Gasteiger partial charge on any atom is -0.322 e. The molecule has 0 fully saturated rings. The molecular formula is C7H9N4O. The van der Waals surface area contributed by atoms with Crippen molar-refractivity contribution >= 4 is 11.7 Å². The first-order valence-electron chi connectivity index (χ1n) is 3.44. The third kappa shape index (κ3) is 2.28. The maximum Gasteiger partial charge on any atom is 0.239 e. The average Bonchev–Trinajstić information content (AvgIpc) is 2.04. The molecule has 0 aliphatic heterocycles. The Morgan fingerprint density at radius 1 is 1.83 bits per heavy atom. The number of aryl methyl sites for hydroxylation is 1. The van der Waals surface area contributed by atoms with Gasteiger partial charge in [-0.2, -0.15) is 0 Å². The van der Waals surface area contributed by atoms with Crippen LogP contribution in [0.15, 0.2) is 6.07 Å². The first-order chi connectivity index (χ1) is 5.72. The molecule has 0 unspecified atom stereocenters. The molecule has 0 aromatic carbocycles. The molecule has 0 atom stereocenters. The van der Waals surface area contributed by atoms with Gasteiger partial charge in [0, 0.05) is 6.07 Å². The Morgan fingerprint density at radius 3 is 3.17 bits per heavy atom. The number of hydrogen-bond donors (Lipinski definition) is 2. The van der Waals surface area contributed by atoms with Crippen LogP contribution in [0, 0.1) is 13.1 Å². The minimum absolute atomic E-state index is 0.0525. The number of rotatable bonds is 2. The molecule has 1 aromatic rings. The Kier molecular flexibility index (Phi) is 2.71. The lowest BCUT2D eigenvalue weighted by atomic mass is 10.5. The van der Waals surface area contributed by atoms with Crippen LogP contribution >= 0.6 is 0 Å². The van der Waals surface area contributed by atoms with Gasteiger partial charge in [0.05, 0.1) is 12.7 Å². The summed E-state index contributed by atoms with van der Waals surface area (Å²) >= 11 is 0. The second kappa shape index (κ2) is 3.77. The lowest BCUT2D eigenvalue weighted by molar-refractivity contribution is -0.114. The molecule has 1 radical (unpaired) electrons. The topological polar surface area (TPSA) is 80.9 Å². The second-order valence-corrected chi connectivity index (χ2v) is 2.18. The van der Waals surface area contributed by atoms with E-state index in [0.29, 0.717) is 11.6 Å². The van der Waals surface area contributed by atoms with Gasteiger partial charge in [0.2, 0.25) is 5.91 Å². The molecule has 63 valence electrons. The number of anilines is 1. The Morgan fingerprint density at radius 2 is 2.58 bits per heavy atom. The molecule has 0 saturated heterocycles. The first-order valence-corrected chi connectivity index (χ1v) is 3.44. The van der Waals surface area contributed by atoms with E-state index >= 15 is 0 Å². The number of carbonyl (C=O) groups is 1. The summed E-state index contributed by atoms with van der Waals surface area (Å²) in [7, 11) is 0. The number of carbonyl (C=O) groups excluding carboxylic acids is 1. The van der Waals surface area contributed by atoms with Crippen LogP contribution in [0.4, 0.5) is 5.82 Å². The summed E-state index contributed by atoms with van der Waals surface area (Å²) in [6.07, 6.45) is 2.59. The lowest BCUT2D eigenvalue weighted by Gasteiger charge is -2.00. The zero-order chi connectivity index (χ0) is 8.97. The van der Waals surface area contributed by atoms with Gasteiger partial charge in [-0.25, -0.2) is 9.97 Å². The van der Waals surface area contributed by atoms with Gasteiger partial charge in [-0.15, -0.1) is 0 Å². The molecule has 5 heteroatoms. The summed E-state index contributed by atoms with van der Waals surface area (Å²) in [5, 5.41) is 2.49. The Labute approximate surface area is 70.0 Å². The Balaban J connectivity index is 2.69. The highest BCUT2D eigenvalue weighted by Crippen LogP contribution is 1.99. The number of hydrogen-bond acceptors (Lipinski definition) is 4. The van der Waals surface area contributed by atoms with Crippen molar-refractivity contribution < 1.29 is 4.79 Å². The monoisotopic (exact) mass is 165 g/mol. The SMILES string of the molecule is Cc1n[c]cc(NC(=O)CN)n1. The second-order valence-electron chi connectivity index (χ2n) is 2.18. The molecule has 1 heterocycles. The molecule has 1 aromatic heterocycles. The van der Waals surface area contributed by atoms with E-state index in [1.807, 2.05) is 0 Å². The summed E-state index contributed by atoms with van der Waals surface area (Å²) in [5.74, 6) is 0.712. The summed E-state index contributed by atoms with van der Waals surface area (Å²) < 4.78 is 0. The van der Waals surface area contributed by atoms with Gasteiger partial charge >= 0.3 is 0 Å². The average molecular weight is 165 g/mol. The molecule has 12 heavy (non-hydrogen) atoms. The van der Waals surface area contributed by atoms with Gasteiger partial charge in [-0.1, -0.05) is 0 Å². The Hall–Kier alpha value is -1.49. The maximum absolute atomic E-state index is 10.8. The van der Waals surface area contributed by atoms with Gasteiger partial charge < -0.3 is 11.1 Å². The zero-order valence-corrected chi connectivity index (χ0v) is 6.66. The largest absolute Gasteiger partial charge is 0.322 e. The van der Waals surface area contributed by atoms with Crippen molar-refractivity contribution in [3.63, 3.8) is 0 Å². The van der Waals surface area contributed by atoms with E-state index in [4.69, 9.17) is 5.73 Å². The van der Waals surface area contributed by atoms with Crippen molar-refractivity contribution in [2.24, 2.45) is 5.73 Å². The quantitative estimate of drug-likeness (QED) is 0.618. The number of nitrogens with zero attached hydrogens (tertiary/aromatic N) is 2. The summed E-state index contributed by atoms with van der Waals surface area (Å²) in [6.45, 7) is 1.66. The van der Waals surface area contributed by atoms with Crippen LogP contribution in [0.2, 0.25) is 0 Å². The van der Waals surface area contributed by atoms with E-state index < -0.39 is 0 Å². The van der Waals surface area contributed by atoms with Crippen LogP contribution in [0.25, 0.3) is 0 Å². The van der Waals surface area contributed by atoms with Gasteiger partial charge in [0.25, 0.3) is 0 Å². The first kappa shape index (κ1) is 8.61. The standard InChI is InChI=1S/C7H9N4O/c1-5-9-3-2-6(10-5)11-7(12)4-8/h2H,4,8H2,1H3,(H,9,10,11,12). The highest BCUT2D eigenvalue weighted by Gasteiger charge is 1.99. The smallest absolute Gasteiger partial charge is 0.239 e. The summed E-state index contributed by atoms with van der Waals surface area (Å²) in [6, 6.07) is 1.49. The van der Waals surface area contributed by atoms with Crippen LogP contribution in [0.3, 0.4) is 0 Å². The minimum atomic E-state index is -0.276. The van der Waals surface area contributed by atoms with Crippen molar-refractivity contribution in [1.29, 1.82) is 0 Å². The fourth-order valence-corrected chi connectivity index (χ4v) is 0.676. The van der Waals surface area contributed by atoms with Crippen molar-refractivity contribution in [1.82, 2.24) is 9.97 Å². The van der Waals surface area contributed by atoms with E-state index in [1.165, 1.54) is 6.07 Å². The van der Waals surface area contributed by atoms with E-state index in [0.717, 1.165) is 0 Å². The van der Waals surface area contributed by atoms with Crippen LogP contribution in [0.5, 0.6) is 0 Å². The molecule has 0 bridgehead atoms. The van der Waals surface area contributed by atoms with E-state index in [-0.39, 0.29) is 12.5 Å². The molecule has 5 nitrogen and oxygen atoms in total. The van der Waals surface area contributed by atoms with E-state index in [2.05, 4.69) is 21.5 Å². The van der Waals surface area contributed by atoms with Gasteiger partial charge in [0.15, 0.2) is 0 Å². The lowest BCUT2D eigenvalue weighted by Crippen LogP contribution is -2.22. The van der Waals surface area contributed by atoms with Gasteiger partial charge in [-0.3, -0.25) is 4.79 Å². The van der Waals surface area contributed by atoms with Gasteiger partial charge in [0.1, 0.15) is 11.6 Å².